The van der Waals surface area contributed by atoms with Gasteiger partial charge < -0.3 is 4.42 Å². The van der Waals surface area contributed by atoms with Crippen LogP contribution in [-0.4, -0.2) is 4.98 Å². The van der Waals surface area contributed by atoms with Gasteiger partial charge in [0.15, 0.2) is 0 Å². The number of aromatic nitrogens is 1. The van der Waals surface area contributed by atoms with E-state index in [9.17, 15) is 0 Å². The second-order valence-electron chi connectivity index (χ2n) is 2.45. The largest absolute Gasteiger partial charge is 0.439 e. The zero-order chi connectivity index (χ0) is 7.19. The lowest BCUT2D eigenvalue weighted by Gasteiger charge is -1.95. The van der Waals surface area contributed by atoms with E-state index >= 15 is 0 Å². The monoisotopic (exact) mass is 221 g/mol. The van der Waals surface area contributed by atoms with E-state index in [-0.39, 0.29) is 4.87 Å². The van der Waals surface area contributed by atoms with Gasteiger partial charge in [-0.15, -0.1) is 11.6 Å². The minimum absolute atomic E-state index is 0.199. The molecule has 4 heteroatoms. The molecule has 0 aliphatic heterocycles. The normalized spacial score (nSPS) is 21.0. The number of oxazole rings is 1. The molecule has 0 bridgehead atoms. The molecule has 1 aliphatic rings. The summed E-state index contributed by atoms with van der Waals surface area (Å²) in [4.78, 5) is 4.37. The van der Waals surface area contributed by atoms with Crippen LogP contribution in [0.15, 0.2) is 15.5 Å². The zero-order valence-electron chi connectivity index (χ0n) is 5.10. The highest BCUT2D eigenvalue weighted by atomic mass is 79.9. The maximum Gasteiger partial charge on any atom is 0.264 e. The van der Waals surface area contributed by atoms with Crippen molar-refractivity contribution >= 4 is 27.5 Å². The van der Waals surface area contributed by atoms with Crippen molar-refractivity contribution in [1.82, 2.24) is 4.98 Å². The summed E-state index contributed by atoms with van der Waals surface area (Å²) in [5.41, 5.74) is 0.848. The summed E-state index contributed by atoms with van der Waals surface area (Å²) in [6.45, 7) is 0. The van der Waals surface area contributed by atoms with Crippen molar-refractivity contribution in [2.75, 3.05) is 0 Å². The van der Waals surface area contributed by atoms with E-state index in [1.54, 1.807) is 6.26 Å². The van der Waals surface area contributed by atoms with Gasteiger partial charge in [-0.1, -0.05) is 0 Å². The van der Waals surface area contributed by atoms with Crippen LogP contribution in [0.25, 0.3) is 0 Å². The molecule has 0 amide bonds. The molecular weight excluding hydrogens is 217 g/mol. The highest BCUT2D eigenvalue weighted by molar-refractivity contribution is 9.10. The molecule has 1 aromatic heterocycles. The molecule has 54 valence electrons. The van der Waals surface area contributed by atoms with Crippen LogP contribution in [-0.2, 0) is 4.87 Å². The van der Waals surface area contributed by atoms with Crippen LogP contribution < -0.4 is 0 Å². The smallest absolute Gasteiger partial charge is 0.264 e. The molecular formula is C6H5BrClNO. The van der Waals surface area contributed by atoms with Crippen LogP contribution in [0.5, 0.6) is 0 Å². The van der Waals surface area contributed by atoms with Gasteiger partial charge in [0.05, 0.1) is 4.87 Å². The molecule has 0 aromatic carbocycles. The Morgan fingerprint density at radius 2 is 2.40 bits per heavy atom. The van der Waals surface area contributed by atoms with Crippen LogP contribution in [0.2, 0.25) is 0 Å². The minimum Gasteiger partial charge on any atom is -0.439 e. The second-order valence-corrected chi connectivity index (χ2v) is 3.85. The molecule has 0 radical (unpaired) electrons. The highest BCUT2D eigenvalue weighted by Gasteiger charge is 2.44. The molecule has 0 spiro atoms. The van der Waals surface area contributed by atoms with Crippen LogP contribution in [0.3, 0.4) is 0 Å². The topological polar surface area (TPSA) is 26.0 Å². The van der Waals surface area contributed by atoms with Crippen molar-refractivity contribution in [3.63, 3.8) is 0 Å². The highest BCUT2D eigenvalue weighted by Crippen LogP contribution is 2.51. The maximum absolute atomic E-state index is 6.04. The number of rotatable bonds is 1. The van der Waals surface area contributed by atoms with Gasteiger partial charge in [0.1, 0.15) is 12.0 Å². The molecule has 1 aromatic rings. The van der Waals surface area contributed by atoms with Crippen molar-refractivity contribution in [1.29, 1.82) is 0 Å². The summed E-state index contributed by atoms with van der Waals surface area (Å²) in [7, 11) is 0. The van der Waals surface area contributed by atoms with Crippen LogP contribution in [0, 0.1) is 0 Å². The van der Waals surface area contributed by atoms with Crippen LogP contribution in [0.1, 0.15) is 18.5 Å². The molecule has 10 heavy (non-hydrogen) atoms. The Morgan fingerprint density at radius 1 is 1.70 bits per heavy atom. The molecule has 2 rings (SSSR count). The third kappa shape index (κ3) is 0.974. The van der Waals surface area contributed by atoms with Crippen molar-refractivity contribution in [3.05, 3.63) is 16.8 Å². The Hall–Kier alpha value is -0.0200. The summed E-state index contributed by atoms with van der Waals surface area (Å²) in [6, 6.07) is 0. The first-order valence-electron chi connectivity index (χ1n) is 3.01. The van der Waals surface area contributed by atoms with Crippen molar-refractivity contribution in [2.24, 2.45) is 0 Å². The first kappa shape index (κ1) is 6.68. The molecule has 0 unspecified atom stereocenters. The van der Waals surface area contributed by atoms with E-state index in [2.05, 4.69) is 20.9 Å². The van der Waals surface area contributed by atoms with E-state index in [1.165, 1.54) is 0 Å². The summed E-state index contributed by atoms with van der Waals surface area (Å²) in [5.74, 6) is 0. The molecule has 1 aliphatic carbocycles. The lowest BCUT2D eigenvalue weighted by Crippen LogP contribution is -1.94. The third-order valence-electron chi connectivity index (χ3n) is 1.62. The average molecular weight is 222 g/mol. The number of nitrogens with zero attached hydrogens (tertiary/aromatic N) is 1. The Kier molecular flexibility index (Phi) is 1.32. The van der Waals surface area contributed by atoms with Crippen LogP contribution in [0.4, 0.5) is 0 Å². The summed E-state index contributed by atoms with van der Waals surface area (Å²) in [5, 5.41) is 0. The minimum atomic E-state index is -0.199. The van der Waals surface area contributed by atoms with Crippen molar-refractivity contribution < 1.29 is 4.42 Å². The maximum atomic E-state index is 6.04. The van der Waals surface area contributed by atoms with Gasteiger partial charge >= 0.3 is 0 Å². The second kappa shape index (κ2) is 1.98. The Labute approximate surface area is 71.7 Å². The predicted octanol–water partition coefficient (Wildman–Crippen LogP) is 2.67. The van der Waals surface area contributed by atoms with Gasteiger partial charge in [0.2, 0.25) is 0 Å². The van der Waals surface area contributed by atoms with Gasteiger partial charge in [-0.25, -0.2) is 4.98 Å². The van der Waals surface area contributed by atoms with E-state index in [0.717, 1.165) is 18.5 Å². The van der Waals surface area contributed by atoms with Gasteiger partial charge in [-0.05, 0) is 12.8 Å². The lowest BCUT2D eigenvalue weighted by atomic mass is 10.3. The zero-order valence-corrected chi connectivity index (χ0v) is 7.44. The van der Waals surface area contributed by atoms with Gasteiger partial charge in [0.25, 0.3) is 4.80 Å². The first-order chi connectivity index (χ1) is 4.71. The Bertz CT molecular complexity index is 256. The molecule has 2 nitrogen and oxygen atoms in total. The Balaban J connectivity index is 2.34. The van der Waals surface area contributed by atoms with E-state index in [0.29, 0.717) is 4.80 Å². The third-order valence-corrected chi connectivity index (χ3v) is 2.56. The summed E-state index contributed by atoms with van der Waals surface area (Å²) >= 11 is 9.16. The van der Waals surface area contributed by atoms with Gasteiger partial charge in [-0.2, -0.15) is 0 Å². The number of hydrogen-bond donors (Lipinski definition) is 0. The number of halogens is 2. The molecule has 0 saturated heterocycles. The van der Waals surface area contributed by atoms with E-state index in [1.807, 2.05) is 0 Å². The standard InChI is InChI=1S/C6H5BrClNO/c7-5-9-4(3-10-5)6(8)1-2-6/h3H,1-2H2. The number of hydrogen-bond acceptors (Lipinski definition) is 2. The first-order valence-corrected chi connectivity index (χ1v) is 4.18. The lowest BCUT2D eigenvalue weighted by molar-refractivity contribution is 0.527. The quantitative estimate of drug-likeness (QED) is 0.683. The average Bonchev–Trinajstić information content (AvgIpc) is 2.45. The SMILES string of the molecule is ClC1(c2coc(Br)n2)CC1. The molecule has 1 fully saturated rings. The molecule has 0 atom stereocenters. The van der Waals surface area contributed by atoms with Gasteiger partial charge in [-0.3, -0.25) is 0 Å². The summed E-state index contributed by atoms with van der Waals surface area (Å²) < 4.78 is 4.95. The van der Waals surface area contributed by atoms with Crippen molar-refractivity contribution in [3.8, 4) is 0 Å². The van der Waals surface area contributed by atoms with Gasteiger partial charge in [0, 0.05) is 15.9 Å². The van der Waals surface area contributed by atoms with Crippen LogP contribution >= 0.6 is 27.5 Å². The summed E-state index contributed by atoms with van der Waals surface area (Å²) in [6.07, 6.45) is 3.62. The number of alkyl halides is 1. The fourth-order valence-corrected chi connectivity index (χ4v) is 1.29. The molecule has 0 N–H and O–H groups in total. The Morgan fingerprint density at radius 3 is 2.80 bits per heavy atom. The van der Waals surface area contributed by atoms with E-state index in [4.69, 9.17) is 16.0 Å². The van der Waals surface area contributed by atoms with E-state index < -0.39 is 0 Å². The molecule has 1 heterocycles. The van der Waals surface area contributed by atoms with Crippen molar-refractivity contribution in [2.45, 2.75) is 17.7 Å². The fourth-order valence-electron chi connectivity index (χ4n) is 0.824. The predicted molar refractivity (Wildman–Crippen MR) is 41.0 cm³/mol. The fraction of sp³-hybridized carbons (Fsp3) is 0.500. The molecule has 1 saturated carbocycles.